The molecule has 0 aliphatic carbocycles. The first-order valence-corrected chi connectivity index (χ1v) is 9.09. The van der Waals surface area contributed by atoms with Crippen LogP contribution in [-0.2, 0) is 4.79 Å². The van der Waals surface area contributed by atoms with E-state index in [1.165, 1.54) is 0 Å². The Morgan fingerprint density at radius 3 is 2.48 bits per heavy atom. The molecule has 2 aliphatic heterocycles. The van der Waals surface area contributed by atoms with E-state index in [1.807, 2.05) is 49.1 Å². The van der Waals surface area contributed by atoms with Gasteiger partial charge in [-0.1, -0.05) is 44.2 Å². The largest absolute Gasteiger partial charge is 0.394 e. The van der Waals surface area contributed by atoms with E-state index in [4.69, 9.17) is 0 Å². The van der Waals surface area contributed by atoms with Crippen LogP contribution >= 0.6 is 0 Å². The second kappa shape index (κ2) is 7.04. The lowest BCUT2D eigenvalue weighted by Crippen LogP contribution is -2.86. The van der Waals surface area contributed by atoms with Gasteiger partial charge in [0, 0.05) is 32.0 Å². The van der Waals surface area contributed by atoms with Gasteiger partial charge in [-0.15, -0.1) is 0 Å². The van der Waals surface area contributed by atoms with Gasteiger partial charge in [-0.2, -0.15) is 0 Å². The van der Waals surface area contributed by atoms with Crippen LogP contribution in [0.1, 0.15) is 38.2 Å². The molecule has 0 saturated carbocycles. The van der Waals surface area contributed by atoms with Gasteiger partial charge in [0.2, 0.25) is 5.91 Å². The molecule has 6 nitrogen and oxygen atoms in total. The van der Waals surface area contributed by atoms with E-state index >= 15 is 0 Å². The van der Waals surface area contributed by atoms with Gasteiger partial charge < -0.3 is 20.2 Å². The second-order valence-corrected chi connectivity index (χ2v) is 6.95. The van der Waals surface area contributed by atoms with Gasteiger partial charge >= 0.3 is 6.03 Å². The minimum absolute atomic E-state index is 0.0481. The summed E-state index contributed by atoms with van der Waals surface area (Å²) in [6.07, 6.45) is 1.33. The fourth-order valence-corrected chi connectivity index (χ4v) is 4.32. The number of urea groups is 1. The van der Waals surface area contributed by atoms with Crippen LogP contribution in [0.4, 0.5) is 4.79 Å². The lowest BCUT2D eigenvalue weighted by atomic mass is 9.61. The standard InChI is InChI=1S/C19H27N3O3/c1-3-10-20-18(25)22-15(11-23)17(14-8-6-5-7-9-14)19(22)12-21(13-19)16(24)4-2/h5-9,15,17,23H,3-4,10-13H2,1-2H3,(H,20,25)/t15-,17+/m1/s1. The van der Waals surface area contributed by atoms with Gasteiger partial charge in [0.1, 0.15) is 0 Å². The Kier molecular flexibility index (Phi) is 4.99. The minimum Gasteiger partial charge on any atom is -0.394 e. The molecule has 2 saturated heterocycles. The molecule has 3 rings (SSSR count). The molecule has 136 valence electrons. The van der Waals surface area contributed by atoms with Gasteiger partial charge in [-0.25, -0.2) is 4.79 Å². The average molecular weight is 345 g/mol. The van der Waals surface area contributed by atoms with Crippen molar-refractivity contribution in [3.05, 3.63) is 35.9 Å². The number of amides is 3. The molecule has 2 heterocycles. The van der Waals surface area contributed by atoms with Crippen molar-refractivity contribution < 1.29 is 14.7 Å². The number of hydrogen-bond donors (Lipinski definition) is 2. The number of aliphatic hydroxyl groups excluding tert-OH is 1. The average Bonchev–Trinajstić information content (AvgIpc) is 2.58. The van der Waals surface area contributed by atoms with E-state index in [0.717, 1.165) is 12.0 Å². The van der Waals surface area contributed by atoms with Crippen molar-refractivity contribution in [1.29, 1.82) is 0 Å². The zero-order chi connectivity index (χ0) is 18.0. The molecule has 1 aromatic rings. The first-order valence-electron chi connectivity index (χ1n) is 9.09. The first kappa shape index (κ1) is 17.7. The summed E-state index contributed by atoms with van der Waals surface area (Å²) in [5.74, 6) is 0.158. The molecule has 2 fully saturated rings. The number of likely N-dealkylation sites (tertiary alicyclic amines) is 2. The summed E-state index contributed by atoms with van der Waals surface area (Å²) in [6, 6.07) is 9.61. The number of nitrogens with one attached hydrogen (secondary N) is 1. The van der Waals surface area contributed by atoms with Gasteiger partial charge in [0.15, 0.2) is 0 Å². The molecule has 0 bridgehead atoms. The topological polar surface area (TPSA) is 72.9 Å². The van der Waals surface area contributed by atoms with Crippen molar-refractivity contribution in [2.75, 3.05) is 26.2 Å². The number of carbonyl (C=O) groups is 2. The van der Waals surface area contributed by atoms with Crippen molar-refractivity contribution in [3.8, 4) is 0 Å². The SMILES string of the molecule is CCCNC(=O)N1[C@H](CO)[C@H](c2ccccc2)C12CN(C(=O)CC)C2. The summed E-state index contributed by atoms with van der Waals surface area (Å²) in [5, 5.41) is 12.9. The summed E-state index contributed by atoms with van der Waals surface area (Å²) in [4.78, 5) is 28.3. The third-order valence-corrected chi connectivity index (χ3v) is 5.45. The summed E-state index contributed by atoms with van der Waals surface area (Å²) < 4.78 is 0. The smallest absolute Gasteiger partial charge is 0.318 e. The van der Waals surface area contributed by atoms with Crippen LogP contribution in [0.5, 0.6) is 0 Å². The number of hydrogen-bond acceptors (Lipinski definition) is 3. The van der Waals surface area contributed by atoms with Crippen LogP contribution < -0.4 is 5.32 Å². The van der Waals surface area contributed by atoms with Crippen LogP contribution in [0.25, 0.3) is 0 Å². The Bertz CT molecular complexity index is 628. The maximum absolute atomic E-state index is 12.7. The second-order valence-electron chi connectivity index (χ2n) is 6.95. The maximum Gasteiger partial charge on any atom is 0.318 e. The molecular formula is C19H27N3O3. The highest BCUT2D eigenvalue weighted by molar-refractivity contribution is 5.81. The predicted molar refractivity (Wildman–Crippen MR) is 95.2 cm³/mol. The fraction of sp³-hybridized carbons (Fsp3) is 0.579. The Morgan fingerprint density at radius 2 is 1.92 bits per heavy atom. The summed E-state index contributed by atoms with van der Waals surface area (Å²) in [5.41, 5.74) is 0.710. The molecule has 0 unspecified atom stereocenters. The highest BCUT2D eigenvalue weighted by atomic mass is 16.3. The summed E-state index contributed by atoms with van der Waals surface area (Å²) in [6.45, 7) is 5.46. The van der Waals surface area contributed by atoms with E-state index in [0.29, 0.717) is 26.1 Å². The van der Waals surface area contributed by atoms with E-state index in [2.05, 4.69) is 5.32 Å². The third kappa shape index (κ3) is 2.78. The van der Waals surface area contributed by atoms with Crippen molar-refractivity contribution in [2.24, 2.45) is 0 Å². The monoisotopic (exact) mass is 345 g/mol. The lowest BCUT2D eigenvalue weighted by Gasteiger charge is -2.70. The van der Waals surface area contributed by atoms with Crippen molar-refractivity contribution in [2.45, 2.75) is 44.2 Å². The number of nitrogens with zero attached hydrogens (tertiary/aromatic N) is 2. The highest BCUT2D eigenvalue weighted by Crippen LogP contribution is 2.53. The number of carbonyl (C=O) groups excluding carboxylic acids is 2. The van der Waals surface area contributed by atoms with Crippen LogP contribution in [0.2, 0.25) is 0 Å². The molecular weight excluding hydrogens is 318 g/mol. The zero-order valence-electron chi connectivity index (χ0n) is 14.9. The number of rotatable bonds is 5. The molecule has 2 N–H and O–H groups in total. The third-order valence-electron chi connectivity index (χ3n) is 5.45. The van der Waals surface area contributed by atoms with Gasteiger partial charge in [0.25, 0.3) is 0 Å². The minimum atomic E-state index is -0.405. The molecule has 3 amide bonds. The quantitative estimate of drug-likeness (QED) is 0.851. The van der Waals surface area contributed by atoms with E-state index in [-0.39, 0.29) is 30.5 Å². The van der Waals surface area contributed by atoms with Crippen LogP contribution in [0.3, 0.4) is 0 Å². The van der Waals surface area contributed by atoms with Crippen LogP contribution in [0.15, 0.2) is 30.3 Å². The fourth-order valence-electron chi connectivity index (χ4n) is 4.32. The molecule has 1 spiro atoms. The summed E-state index contributed by atoms with van der Waals surface area (Å²) in [7, 11) is 0. The van der Waals surface area contributed by atoms with Gasteiger partial charge in [-0.05, 0) is 12.0 Å². The Hall–Kier alpha value is -2.08. The normalized spacial score (nSPS) is 23.8. The number of benzene rings is 1. The first-order chi connectivity index (χ1) is 12.1. The van der Waals surface area contributed by atoms with Crippen LogP contribution in [-0.4, -0.2) is 64.7 Å². The molecule has 2 aliphatic rings. The van der Waals surface area contributed by atoms with Crippen molar-refractivity contribution in [1.82, 2.24) is 15.1 Å². The lowest BCUT2D eigenvalue weighted by molar-refractivity contribution is -0.176. The molecule has 6 heteroatoms. The predicted octanol–water partition coefficient (Wildman–Crippen LogP) is 1.56. The maximum atomic E-state index is 12.7. The molecule has 0 radical (unpaired) electrons. The van der Waals surface area contributed by atoms with Gasteiger partial charge in [-0.3, -0.25) is 4.79 Å². The molecule has 25 heavy (non-hydrogen) atoms. The van der Waals surface area contributed by atoms with E-state index < -0.39 is 5.54 Å². The molecule has 0 aromatic heterocycles. The Labute approximate surface area is 148 Å². The Balaban J connectivity index is 1.87. The van der Waals surface area contributed by atoms with Crippen molar-refractivity contribution >= 4 is 11.9 Å². The van der Waals surface area contributed by atoms with Gasteiger partial charge in [0.05, 0.1) is 18.2 Å². The number of aliphatic hydroxyl groups is 1. The van der Waals surface area contributed by atoms with E-state index in [9.17, 15) is 14.7 Å². The summed E-state index contributed by atoms with van der Waals surface area (Å²) >= 11 is 0. The highest BCUT2D eigenvalue weighted by Gasteiger charge is 2.68. The van der Waals surface area contributed by atoms with E-state index in [1.54, 1.807) is 4.90 Å². The van der Waals surface area contributed by atoms with Crippen LogP contribution in [0, 0.1) is 0 Å². The molecule has 1 aromatic carbocycles. The zero-order valence-corrected chi connectivity index (χ0v) is 14.9. The van der Waals surface area contributed by atoms with Crippen molar-refractivity contribution in [3.63, 3.8) is 0 Å². The molecule has 2 atom stereocenters. The Morgan fingerprint density at radius 1 is 1.24 bits per heavy atom.